The average Bonchev–Trinajstić information content (AvgIpc) is 2.49. The summed E-state index contributed by atoms with van der Waals surface area (Å²) in [5, 5.41) is 10.1. The molecule has 5 nitrogen and oxygen atoms in total. The number of carbonyl (C=O) groups is 1. The van der Waals surface area contributed by atoms with E-state index in [1.54, 1.807) is 4.90 Å². The quantitative estimate of drug-likeness (QED) is 0.754. The Hall–Kier alpha value is -1.59. The smallest absolute Gasteiger partial charge is 0.236 e. The van der Waals surface area contributed by atoms with E-state index in [9.17, 15) is 9.90 Å². The van der Waals surface area contributed by atoms with E-state index in [4.69, 9.17) is 4.74 Å². The highest BCUT2D eigenvalue weighted by atomic mass is 16.5. The van der Waals surface area contributed by atoms with E-state index in [1.165, 1.54) is 0 Å². The van der Waals surface area contributed by atoms with E-state index >= 15 is 0 Å². The fraction of sp³-hybridized carbons (Fsp3) is 0.611. The van der Waals surface area contributed by atoms with E-state index in [0.717, 1.165) is 16.9 Å². The zero-order chi connectivity index (χ0) is 17.4. The third-order valence-corrected chi connectivity index (χ3v) is 3.82. The minimum atomic E-state index is -0.635. The molecule has 0 aliphatic heterocycles. The molecule has 1 aromatic carbocycles. The lowest BCUT2D eigenvalue weighted by Crippen LogP contribution is -2.42. The van der Waals surface area contributed by atoms with Gasteiger partial charge in [0.15, 0.2) is 0 Å². The summed E-state index contributed by atoms with van der Waals surface area (Å²) in [7, 11) is 1.84. The van der Waals surface area contributed by atoms with Crippen LogP contribution in [0.2, 0.25) is 0 Å². The van der Waals surface area contributed by atoms with Gasteiger partial charge in [0, 0.05) is 19.6 Å². The summed E-state index contributed by atoms with van der Waals surface area (Å²) in [5.74, 6) is 0.881. The highest BCUT2D eigenvalue weighted by Gasteiger charge is 2.15. The van der Waals surface area contributed by atoms with Crippen molar-refractivity contribution in [3.63, 3.8) is 0 Å². The predicted octanol–water partition coefficient (Wildman–Crippen LogP) is 1.84. The molecule has 0 spiro atoms. The Balaban J connectivity index is 2.42. The van der Waals surface area contributed by atoms with E-state index in [2.05, 4.69) is 0 Å². The summed E-state index contributed by atoms with van der Waals surface area (Å²) >= 11 is 0. The number of hydrogen-bond donors (Lipinski definition) is 1. The maximum Gasteiger partial charge on any atom is 0.236 e. The molecule has 0 fully saturated rings. The number of likely N-dealkylation sites (N-methyl/N-ethyl adjacent to an activating group) is 2. The molecule has 0 saturated carbocycles. The Labute approximate surface area is 139 Å². The topological polar surface area (TPSA) is 53.0 Å². The van der Waals surface area contributed by atoms with Gasteiger partial charge in [0.05, 0.1) is 6.54 Å². The van der Waals surface area contributed by atoms with Crippen molar-refractivity contribution < 1.29 is 14.6 Å². The molecule has 0 aromatic heterocycles. The molecular weight excluding hydrogens is 292 g/mol. The molecule has 0 bridgehead atoms. The summed E-state index contributed by atoms with van der Waals surface area (Å²) in [6.45, 7) is 10.3. The molecule has 130 valence electrons. The first kappa shape index (κ1) is 19.5. The predicted molar refractivity (Wildman–Crippen MR) is 92.8 cm³/mol. The van der Waals surface area contributed by atoms with Crippen LogP contribution in [0.3, 0.4) is 0 Å². The molecule has 0 heterocycles. The van der Waals surface area contributed by atoms with Gasteiger partial charge in [-0.05, 0) is 51.9 Å². The number of nitrogens with zero attached hydrogens (tertiary/aromatic N) is 2. The molecule has 5 heteroatoms. The lowest BCUT2D eigenvalue weighted by Gasteiger charge is -2.24. The largest absolute Gasteiger partial charge is 0.491 e. The second-order valence-electron chi connectivity index (χ2n) is 6.00. The van der Waals surface area contributed by atoms with Crippen LogP contribution in [0.5, 0.6) is 5.75 Å². The van der Waals surface area contributed by atoms with Crippen molar-refractivity contribution in [1.82, 2.24) is 9.80 Å². The van der Waals surface area contributed by atoms with Crippen molar-refractivity contribution in [2.75, 3.05) is 39.8 Å². The van der Waals surface area contributed by atoms with Crippen molar-refractivity contribution >= 4 is 5.91 Å². The minimum absolute atomic E-state index is 0.0835. The van der Waals surface area contributed by atoms with Gasteiger partial charge in [0.2, 0.25) is 5.91 Å². The molecular formula is C18H30N2O3. The molecule has 1 atom stereocenters. The summed E-state index contributed by atoms with van der Waals surface area (Å²) in [6.07, 6.45) is -0.635. The summed E-state index contributed by atoms with van der Waals surface area (Å²) < 4.78 is 5.70. The molecule has 23 heavy (non-hydrogen) atoms. The van der Waals surface area contributed by atoms with Crippen LogP contribution in [0.4, 0.5) is 0 Å². The van der Waals surface area contributed by atoms with Gasteiger partial charge in [-0.1, -0.05) is 12.1 Å². The Morgan fingerprint density at radius 1 is 1.26 bits per heavy atom. The van der Waals surface area contributed by atoms with Crippen molar-refractivity contribution in [3.05, 3.63) is 29.3 Å². The molecule has 0 radical (unpaired) electrons. The molecule has 1 amide bonds. The number of hydrogen-bond acceptors (Lipinski definition) is 4. The number of aliphatic hydroxyl groups excluding tert-OH is 1. The van der Waals surface area contributed by atoms with Crippen LogP contribution in [0.1, 0.15) is 25.0 Å². The van der Waals surface area contributed by atoms with Crippen LogP contribution < -0.4 is 4.74 Å². The van der Waals surface area contributed by atoms with Crippen LogP contribution in [0.25, 0.3) is 0 Å². The fourth-order valence-corrected chi connectivity index (χ4v) is 2.43. The van der Waals surface area contributed by atoms with Crippen molar-refractivity contribution in [2.24, 2.45) is 0 Å². The number of ether oxygens (including phenoxy) is 1. The second kappa shape index (κ2) is 9.53. The lowest BCUT2D eigenvalue weighted by atomic mass is 10.1. The van der Waals surface area contributed by atoms with E-state index < -0.39 is 6.10 Å². The second-order valence-corrected chi connectivity index (χ2v) is 6.00. The lowest BCUT2D eigenvalue weighted by molar-refractivity contribution is -0.132. The zero-order valence-corrected chi connectivity index (χ0v) is 15.0. The average molecular weight is 322 g/mol. The third-order valence-electron chi connectivity index (χ3n) is 3.82. The Morgan fingerprint density at radius 3 is 2.52 bits per heavy atom. The highest BCUT2D eigenvalue weighted by molar-refractivity contribution is 5.78. The highest BCUT2D eigenvalue weighted by Crippen LogP contribution is 2.19. The van der Waals surface area contributed by atoms with Gasteiger partial charge >= 0.3 is 0 Å². The van der Waals surface area contributed by atoms with E-state index in [1.807, 2.05) is 57.8 Å². The Morgan fingerprint density at radius 2 is 1.91 bits per heavy atom. The summed E-state index contributed by atoms with van der Waals surface area (Å²) in [5.41, 5.74) is 2.18. The van der Waals surface area contributed by atoms with Gasteiger partial charge in [-0.25, -0.2) is 0 Å². The Bertz CT molecular complexity index is 501. The van der Waals surface area contributed by atoms with Gasteiger partial charge in [-0.15, -0.1) is 0 Å². The summed E-state index contributed by atoms with van der Waals surface area (Å²) in [4.78, 5) is 15.6. The third kappa shape index (κ3) is 6.59. The molecule has 1 N–H and O–H groups in total. The van der Waals surface area contributed by atoms with Crippen LogP contribution in [0.15, 0.2) is 18.2 Å². The molecule has 0 saturated heterocycles. The van der Waals surface area contributed by atoms with Gasteiger partial charge in [0.25, 0.3) is 0 Å². The van der Waals surface area contributed by atoms with Crippen LogP contribution >= 0.6 is 0 Å². The number of benzene rings is 1. The first-order chi connectivity index (χ1) is 10.9. The monoisotopic (exact) mass is 322 g/mol. The number of aliphatic hydroxyl groups is 1. The number of amides is 1. The van der Waals surface area contributed by atoms with Crippen molar-refractivity contribution in [3.8, 4) is 5.75 Å². The number of aryl methyl sites for hydroxylation is 2. The standard InChI is InChI=1S/C18H30N2O3/c1-6-20(7-2)18(22)12-19(5)11-16(21)13-23-17-10-14(3)8-9-15(17)4/h8-10,16,21H,6-7,11-13H2,1-5H3. The first-order valence-corrected chi connectivity index (χ1v) is 8.21. The van der Waals surface area contributed by atoms with Crippen molar-refractivity contribution in [2.45, 2.75) is 33.8 Å². The normalized spacial score (nSPS) is 12.3. The zero-order valence-electron chi connectivity index (χ0n) is 15.0. The number of rotatable bonds is 9. The fourth-order valence-electron chi connectivity index (χ4n) is 2.43. The molecule has 1 aromatic rings. The molecule has 0 aliphatic carbocycles. The minimum Gasteiger partial charge on any atom is -0.491 e. The first-order valence-electron chi connectivity index (χ1n) is 8.21. The van der Waals surface area contributed by atoms with Crippen LogP contribution in [-0.4, -0.2) is 66.8 Å². The van der Waals surface area contributed by atoms with E-state index in [-0.39, 0.29) is 12.5 Å². The molecule has 1 rings (SSSR count). The molecule has 0 aliphatic rings. The van der Waals surface area contributed by atoms with Crippen LogP contribution in [-0.2, 0) is 4.79 Å². The number of carbonyl (C=O) groups excluding carboxylic acids is 1. The Kier molecular flexibility index (Phi) is 8.06. The maximum absolute atomic E-state index is 12.0. The summed E-state index contributed by atoms with van der Waals surface area (Å²) in [6, 6.07) is 6.01. The van der Waals surface area contributed by atoms with Gasteiger partial charge in [-0.2, -0.15) is 0 Å². The van der Waals surface area contributed by atoms with Crippen LogP contribution in [0, 0.1) is 13.8 Å². The van der Waals surface area contributed by atoms with Gasteiger partial charge < -0.3 is 14.7 Å². The van der Waals surface area contributed by atoms with Gasteiger partial charge in [-0.3, -0.25) is 9.69 Å². The SMILES string of the molecule is CCN(CC)C(=O)CN(C)CC(O)COc1cc(C)ccc1C. The maximum atomic E-state index is 12.0. The van der Waals surface area contributed by atoms with Crippen molar-refractivity contribution in [1.29, 1.82) is 0 Å². The molecule has 1 unspecified atom stereocenters. The van der Waals surface area contributed by atoms with Gasteiger partial charge in [0.1, 0.15) is 18.5 Å². The van der Waals surface area contributed by atoms with E-state index in [0.29, 0.717) is 26.2 Å².